The highest BCUT2D eigenvalue weighted by Crippen LogP contribution is 2.36. The first-order chi connectivity index (χ1) is 9.80. The van der Waals surface area contributed by atoms with Gasteiger partial charge in [-0.3, -0.25) is 0 Å². The van der Waals surface area contributed by atoms with Gasteiger partial charge in [0.25, 0.3) is 5.89 Å². The molecule has 5 nitrogen and oxygen atoms in total. The Labute approximate surface area is 122 Å². The molecule has 0 bridgehead atoms. The summed E-state index contributed by atoms with van der Waals surface area (Å²) in [6.07, 6.45) is 6.19. The molecule has 0 radical (unpaired) electrons. The molecule has 2 unspecified atom stereocenters. The molecule has 0 spiro atoms. The smallest absolute Gasteiger partial charge is 0.277 e. The fraction of sp³-hybridized carbons (Fsp3) is 0.643. The molecule has 0 aliphatic heterocycles. The minimum Gasteiger partial charge on any atom is -0.332 e. The molecule has 6 heteroatoms. The SMILES string of the molecule is CCC1CCCC(c2noc(-c3csc(CN)n3)n2)C1. The van der Waals surface area contributed by atoms with E-state index in [1.54, 1.807) is 0 Å². The molecular formula is C14H20N4OS. The Balaban J connectivity index is 1.76. The fourth-order valence-corrected chi connectivity index (χ4v) is 3.55. The first-order valence-corrected chi connectivity index (χ1v) is 8.16. The second-order valence-electron chi connectivity index (χ2n) is 5.43. The van der Waals surface area contributed by atoms with Crippen molar-refractivity contribution in [2.45, 2.75) is 51.5 Å². The van der Waals surface area contributed by atoms with E-state index in [9.17, 15) is 0 Å². The van der Waals surface area contributed by atoms with Crippen LogP contribution in [-0.2, 0) is 6.54 Å². The summed E-state index contributed by atoms with van der Waals surface area (Å²) in [6.45, 7) is 2.71. The van der Waals surface area contributed by atoms with Crippen LogP contribution >= 0.6 is 11.3 Å². The largest absolute Gasteiger partial charge is 0.332 e. The average Bonchev–Trinajstić information content (AvgIpc) is 3.15. The monoisotopic (exact) mass is 292 g/mol. The quantitative estimate of drug-likeness (QED) is 0.935. The Hall–Kier alpha value is -1.27. The van der Waals surface area contributed by atoms with E-state index < -0.39 is 0 Å². The summed E-state index contributed by atoms with van der Waals surface area (Å²) in [7, 11) is 0. The van der Waals surface area contributed by atoms with Gasteiger partial charge in [0.1, 0.15) is 10.7 Å². The van der Waals surface area contributed by atoms with Gasteiger partial charge in [0.2, 0.25) is 0 Å². The maximum atomic E-state index is 5.58. The summed E-state index contributed by atoms with van der Waals surface area (Å²) in [5.41, 5.74) is 6.32. The summed E-state index contributed by atoms with van der Waals surface area (Å²) >= 11 is 1.53. The van der Waals surface area contributed by atoms with E-state index in [-0.39, 0.29) is 0 Å². The van der Waals surface area contributed by atoms with Crippen LogP contribution in [0.3, 0.4) is 0 Å². The van der Waals surface area contributed by atoms with Crippen LogP contribution in [0.15, 0.2) is 9.90 Å². The van der Waals surface area contributed by atoms with E-state index in [1.807, 2.05) is 5.38 Å². The minimum absolute atomic E-state index is 0.443. The zero-order chi connectivity index (χ0) is 13.9. The Bertz CT molecular complexity index is 565. The highest BCUT2D eigenvalue weighted by Gasteiger charge is 2.26. The molecule has 0 saturated heterocycles. The van der Waals surface area contributed by atoms with Gasteiger partial charge in [0.05, 0.1) is 0 Å². The van der Waals surface area contributed by atoms with Gasteiger partial charge in [0, 0.05) is 17.8 Å². The molecular weight excluding hydrogens is 272 g/mol. The van der Waals surface area contributed by atoms with E-state index in [0.29, 0.717) is 18.4 Å². The Morgan fingerprint density at radius 3 is 3.05 bits per heavy atom. The second-order valence-corrected chi connectivity index (χ2v) is 6.37. The number of hydrogen-bond acceptors (Lipinski definition) is 6. The number of hydrogen-bond donors (Lipinski definition) is 1. The number of rotatable bonds is 4. The van der Waals surface area contributed by atoms with Crippen molar-refractivity contribution < 1.29 is 4.52 Å². The van der Waals surface area contributed by atoms with Gasteiger partial charge in [-0.05, 0) is 18.8 Å². The van der Waals surface area contributed by atoms with E-state index in [0.717, 1.165) is 22.4 Å². The molecule has 2 atom stereocenters. The predicted molar refractivity (Wildman–Crippen MR) is 78.3 cm³/mol. The topological polar surface area (TPSA) is 77.8 Å². The van der Waals surface area contributed by atoms with Crippen molar-refractivity contribution in [2.75, 3.05) is 0 Å². The van der Waals surface area contributed by atoms with Crippen LogP contribution < -0.4 is 5.73 Å². The maximum Gasteiger partial charge on any atom is 0.277 e. The molecule has 0 aromatic carbocycles. The molecule has 2 heterocycles. The van der Waals surface area contributed by atoms with Crippen LogP contribution in [0, 0.1) is 5.92 Å². The standard InChI is InChI=1S/C14H20N4OS/c1-2-9-4-3-5-10(6-9)13-17-14(19-18-13)11-8-20-12(7-15)16-11/h8-10H,2-7,15H2,1H3. The lowest BCUT2D eigenvalue weighted by molar-refractivity contribution is 0.300. The number of aromatic nitrogens is 3. The third-order valence-electron chi connectivity index (χ3n) is 4.11. The van der Waals surface area contributed by atoms with Crippen molar-refractivity contribution in [1.29, 1.82) is 0 Å². The van der Waals surface area contributed by atoms with E-state index >= 15 is 0 Å². The van der Waals surface area contributed by atoms with E-state index in [4.69, 9.17) is 10.3 Å². The van der Waals surface area contributed by atoms with Crippen molar-refractivity contribution in [2.24, 2.45) is 11.7 Å². The molecule has 2 N–H and O–H groups in total. The molecule has 1 fully saturated rings. The zero-order valence-corrected chi connectivity index (χ0v) is 12.5. The first-order valence-electron chi connectivity index (χ1n) is 7.28. The maximum absolute atomic E-state index is 5.58. The molecule has 20 heavy (non-hydrogen) atoms. The van der Waals surface area contributed by atoms with Crippen LogP contribution in [0.25, 0.3) is 11.6 Å². The number of nitrogens with zero attached hydrogens (tertiary/aromatic N) is 3. The lowest BCUT2D eigenvalue weighted by Crippen LogP contribution is -2.14. The third kappa shape index (κ3) is 2.76. The van der Waals surface area contributed by atoms with Gasteiger partial charge in [-0.1, -0.05) is 31.3 Å². The Morgan fingerprint density at radius 2 is 2.30 bits per heavy atom. The third-order valence-corrected chi connectivity index (χ3v) is 4.98. The van der Waals surface area contributed by atoms with Crippen molar-refractivity contribution in [3.63, 3.8) is 0 Å². The molecule has 108 valence electrons. The first kappa shape index (κ1) is 13.7. The lowest BCUT2D eigenvalue weighted by Gasteiger charge is -2.26. The van der Waals surface area contributed by atoms with Crippen LogP contribution in [0.2, 0.25) is 0 Å². The van der Waals surface area contributed by atoms with Gasteiger partial charge >= 0.3 is 0 Å². The highest BCUT2D eigenvalue weighted by atomic mass is 32.1. The minimum atomic E-state index is 0.443. The zero-order valence-electron chi connectivity index (χ0n) is 11.7. The van der Waals surface area contributed by atoms with Crippen molar-refractivity contribution in [3.05, 3.63) is 16.2 Å². The second kappa shape index (κ2) is 6.01. The average molecular weight is 292 g/mol. The Kier molecular flexibility index (Phi) is 4.12. The fourth-order valence-electron chi connectivity index (χ4n) is 2.90. The van der Waals surface area contributed by atoms with Crippen molar-refractivity contribution in [1.82, 2.24) is 15.1 Å². The molecule has 3 rings (SSSR count). The normalized spacial score (nSPS) is 23.1. The van der Waals surface area contributed by atoms with Gasteiger partial charge in [-0.25, -0.2) is 4.98 Å². The molecule has 2 aromatic rings. The van der Waals surface area contributed by atoms with Crippen LogP contribution in [0.4, 0.5) is 0 Å². The predicted octanol–water partition coefficient (Wildman–Crippen LogP) is 3.34. The van der Waals surface area contributed by atoms with Gasteiger partial charge in [0.15, 0.2) is 5.82 Å². The Morgan fingerprint density at radius 1 is 1.40 bits per heavy atom. The molecule has 1 aliphatic rings. The molecule has 0 amide bonds. The molecule has 2 aromatic heterocycles. The summed E-state index contributed by atoms with van der Waals surface area (Å²) < 4.78 is 5.37. The van der Waals surface area contributed by atoms with E-state index in [2.05, 4.69) is 22.0 Å². The highest BCUT2D eigenvalue weighted by molar-refractivity contribution is 7.09. The lowest BCUT2D eigenvalue weighted by atomic mass is 9.80. The van der Waals surface area contributed by atoms with Crippen molar-refractivity contribution >= 4 is 11.3 Å². The van der Waals surface area contributed by atoms with Crippen molar-refractivity contribution in [3.8, 4) is 11.6 Å². The molecule has 1 aliphatic carbocycles. The number of thiazole rings is 1. The summed E-state index contributed by atoms with van der Waals surface area (Å²) in [4.78, 5) is 8.93. The van der Waals surface area contributed by atoms with Gasteiger partial charge < -0.3 is 10.3 Å². The summed E-state index contributed by atoms with van der Waals surface area (Å²) in [6, 6.07) is 0. The van der Waals surface area contributed by atoms with Crippen LogP contribution in [0.1, 0.15) is 55.8 Å². The summed E-state index contributed by atoms with van der Waals surface area (Å²) in [5, 5.41) is 6.99. The van der Waals surface area contributed by atoms with Gasteiger partial charge in [-0.2, -0.15) is 4.98 Å². The summed E-state index contributed by atoms with van der Waals surface area (Å²) in [5.74, 6) is 2.62. The number of nitrogens with two attached hydrogens (primary N) is 1. The van der Waals surface area contributed by atoms with E-state index in [1.165, 1.54) is 43.4 Å². The van der Waals surface area contributed by atoms with Crippen LogP contribution in [0.5, 0.6) is 0 Å². The molecule has 1 saturated carbocycles. The van der Waals surface area contributed by atoms with Crippen LogP contribution in [-0.4, -0.2) is 15.1 Å². The van der Waals surface area contributed by atoms with Gasteiger partial charge in [-0.15, -0.1) is 11.3 Å².